The quantitative estimate of drug-likeness (QED) is 0.675. The lowest BCUT2D eigenvalue weighted by Gasteiger charge is -2.22. The van der Waals surface area contributed by atoms with Gasteiger partial charge in [0, 0.05) is 6.20 Å². The minimum Gasteiger partial charge on any atom is -0.494 e. The normalized spacial score (nSPS) is 13.6. The maximum atomic E-state index is 13.1. The summed E-state index contributed by atoms with van der Waals surface area (Å²) >= 11 is 1.49. The summed E-state index contributed by atoms with van der Waals surface area (Å²) in [4.78, 5) is 23.7. The van der Waals surface area contributed by atoms with Crippen LogP contribution >= 0.6 is 11.3 Å². The van der Waals surface area contributed by atoms with Crippen LogP contribution < -0.4 is 4.90 Å². The maximum Gasteiger partial charge on any atom is 0.298 e. The Morgan fingerprint density at radius 1 is 1.26 bits per heavy atom. The fourth-order valence-electron chi connectivity index (χ4n) is 2.79. The number of aromatic nitrogens is 2. The number of fused-ring (bicyclic) bond motifs is 1. The Bertz CT molecular complexity index is 985. The average Bonchev–Trinajstić information content (AvgIpc) is 3.15. The van der Waals surface area contributed by atoms with Crippen molar-refractivity contribution in [2.24, 2.45) is 0 Å². The number of carbonyl (C=O) groups excluding carboxylic acids is 1. The summed E-state index contributed by atoms with van der Waals surface area (Å²) in [5.74, 6) is -0.0965. The van der Waals surface area contributed by atoms with Crippen LogP contribution in [0.1, 0.15) is 18.2 Å². The SMILES string of the molecule is CCc1ccc2nc(N(Cc3ccccn3)C(=O)C3=COCCO3)sc2c1. The molecule has 3 heterocycles. The van der Waals surface area contributed by atoms with Crippen molar-refractivity contribution in [1.82, 2.24) is 9.97 Å². The van der Waals surface area contributed by atoms with Gasteiger partial charge in [0.2, 0.25) is 5.76 Å². The molecule has 0 unspecified atom stereocenters. The third-order valence-electron chi connectivity index (χ3n) is 4.23. The van der Waals surface area contributed by atoms with Crippen LogP contribution in [0, 0.1) is 0 Å². The molecule has 0 N–H and O–H groups in total. The van der Waals surface area contributed by atoms with E-state index < -0.39 is 0 Å². The number of benzene rings is 1. The Balaban J connectivity index is 1.72. The van der Waals surface area contributed by atoms with Crippen LogP contribution in [0.2, 0.25) is 0 Å². The van der Waals surface area contributed by atoms with Crippen LogP contribution in [-0.4, -0.2) is 29.1 Å². The second kappa shape index (κ2) is 7.75. The lowest BCUT2D eigenvalue weighted by molar-refractivity contribution is -0.120. The van der Waals surface area contributed by atoms with Crippen molar-refractivity contribution in [3.05, 3.63) is 65.9 Å². The number of hydrogen-bond donors (Lipinski definition) is 0. The summed E-state index contributed by atoms with van der Waals surface area (Å²) in [5, 5.41) is 0.615. The lowest BCUT2D eigenvalue weighted by Crippen LogP contribution is -2.34. The van der Waals surface area contributed by atoms with E-state index in [2.05, 4.69) is 29.0 Å². The Hall–Kier alpha value is -2.93. The monoisotopic (exact) mass is 381 g/mol. The molecule has 0 saturated carbocycles. The van der Waals surface area contributed by atoms with Crippen molar-refractivity contribution in [2.75, 3.05) is 18.1 Å². The molecule has 6 nitrogen and oxygen atoms in total. The van der Waals surface area contributed by atoms with Gasteiger partial charge in [0.05, 0.1) is 22.5 Å². The zero-order chi connectivity index (χ0) is 18.6. The lowest BCUT2D eigenvalue weighted by atomic mass is 10.2. The van der Waals surface area contributed by atoms with E-state index in [-0.39, 0.29) is 11.7 Å². The van der Waals surface area contributed by atoms with Gasteiger partial charge in [-0.25, -0.2) is 4.98 Å². The summed E-state index contributed by atoms with van der Waals surface area (Å²) in [7, 11) is 0. The second-order valence-electron chi connectivity index (χ2n) is 6.07. The van der Waals surface area contributed by atoms with Gasteiger partial charge in [0.25, 0.3) is 5.91 Å². The molecule has 0 radical (unpaired) electrons. The number of pyridine rings is 1. The third kappa shape index (κ3) is 3.78. The topological polar surface area (TPSA) is 64.6 Å². The fourth-order valence-corrected chi connectivity index (χ4v) is 3.81. The molecule has 3 aromatic rings. The maximum absolute atomic E-state index is 13.1. The van der Waals surface area contributed by atoms with E-state index in [0.717, 1.165) is 22.3 Å². The van der Waals surface area contributed by atoms with Crippen molar-refractivity contribution in [2.45, 2.75) is 19.9 Å². The first-order valence-corrected chi connectivity index (χ1v) is 9.62. The number of amides is 1. The number of aryl methyl sites for hydroxylation is 1. The molecular formula is C20H19N3O3S. The van der Waals surface area contributed by atoms with Gasteiger partial charge >= 0.3 is 0 Å². The molecule has 27 heavy (non-hydrogen) atoms. The van der Waals surface area contributed by atoms with E-state index in [1.54, 1.807) is 11.1 Å². The van der Waals surface area contributed by atoms with Crippen LogP contribution in [0.15, 0.2) is 54.6 Å². The van der Waals surface area contributed by atoms with Gasteiger partial charge in [-0.2, -0.15) is 0 Å². The summed E-state index contributed by atoms with van der Waals surface area (Å²) in [6.45, 7) is 3.22. The Labute approximate surface area is 161 Å². The number of thiazole rings is 1. The minimum absolute atomic E-state index is 0.186. The number of hydrogen-bond acceptors (Lipinski definition) is 6. The third-order valence-corrected chi connectivity index (χ3v) is 5.27. The van der Waals surface area contributed by atoms with Crippen molar-refractivity contribution in [1.29, 1.82) is 0 Å². The molecule has 0 aliphatic carbocycles. The molecule has 0 saturated heterocycles. The molecule has 4 rings (SSSR count). The highest BCUT2D eigenvalue weighted by molar-refractivity contribution is 7.22. The van der Waals surface area contributed by atoms with Crippen molar-refractivity contribution in [3.8, 4) is 0 Å². The number of ether oxygens (including phenoxy) is 2. The predicted molar refractivity (Wildman–Crippen MR) is 104 cm³/mol. The summed E-state index contributed by atoms with van der Waals surface area (Å²) in [6.07, 6.45) is 4.04. The Kier molecular flexibility index (Phi) is 5.02. The highest BCUT2D eigenvalue weighted by Gasteiger charge is 2.26. The second-order valence-corrected chi connectivity index (χ2v) is 7.07. The van der Waals surface area contributed by atoms with Gasteiger partial charge in [-0.05, 0) is 36.2 Å². The van der Waals surface area contributed by atoms with Gasteiger partial charge in [-0.3, -0.25) is 14.7 Å². The standard InChI is InChI=1S/C20H19N3O3S/c1-2-14-6-7-16-18(11-14)27-20(22-16)23(12-15-5-3-4-8-21-15)19(24)17-13-25-9-10-26-17/h3-8,11,13H,2,9-10,12H2,1H3. The minimum atomic E-state index is -0.282. The summed E-state index contributed by atoms with van der Waals surface area (Å²) in [6, 6.07) is 11.8. The van der Waals surface area contributed by atoms with Crippen molar-refractivity contribution >= 4 is 32.6 Å². The Morgan fingerprint density at radius 2 is 2.19 bits per heavy atom. The average molecular weight is 381 g/mol. The Morgan fingerprint density at radius 3 is 2.93 bits per heavy atom. The summed E-state index contributed by atoms with van der Waals surface area (Å²) in [5.41, 5.74) is 2.89. The van der Waals surface area contributed by atoms with E-state index in [0.29, 0.717) is 24.9 Å². The van der Waals surface area contributed by atoms with Gasteiger partial charge < -0.3 is 9.47 Å². The predicted octanol–water partition coefficient (Wildman–Crippen LogP) is 3.68. The molecule has 2 aromatic heterocycles. The molecule has 1 aliphatic rings. The first-order chi connectivity index (χ1) is 13.2. The van der Waals surface area contributed by atoms with Crippen LogP contribution in [0.5, 0.6) is 0 Å². The van der Waals surface area contributed by atoms with Crippen LogP contribution in [0.4, 0.5) is 5.13 Å². The molecule has 0 spiro atoms. The molecule has 0 bridgehead atoms. The van der Waals surface area contributed by atoms with Gasteiger partial charge in [0.15, 0.2) is 5.13 Å². The van der Waals surface area contributed by atoms with E-state index in [9.17, 15) is 4.79 Å². The van der Waals surface area contributed by atoms with Crippen LogP contribution in [-0.2, 0) is 27.2 Å². The molecule has 1 aliphatic heterocycles. The van der Waals surface area contributed by atoms with Gasteiger partial charge in [-0.1, -0.05) is 30.4 Å². The smallest absolute Gasteiger partial charge is 0.298 e. The first kappa shape index (κ1) is 17.5. The van der Waals surface area contributed by atoms with Crippen LogP contribution in [0.25, 0.3) is 10.2 Å². The molecule has 0 atom stereocenters. The zero-order valence-corrected chi connectivity index (χ0v) is 15.7. The van der Waals surface area contributed by atoms with Crippen LogP contribution in [0.3, 0.4) is 0 Å². The van der Waals surface area contributed by atoms with E-state index in [4.69, 9.17) is 9.47 Å². The number of carbonyl (C=O) groups is 1. The molecule has 0 fully saturated rings. The van der Waals surface area contributed by atoms with Gasteiger partial charge in [0.1, 0.15) is 19.5 Å². The number of anilines is 1. The summed E-state index contributed by atoms with van der Waals surface area (Å²) < 4.78 is 11.8. The fraction of sp³-hybridized carbons (Fsp3) is 0.250. The molecule has 1 amide bonds. The number of nitrogens with zero attached hydrogens (tertiary/aromatic N) is 3. The molecule has 7 heteroatoms. The zero-order valence-electron chi connectivity index (χ0n) is 14.9. The van der Waals surface area contributed by atoms with Crippen molar-refractivity contribution in [3.63, 3.8) is 0 Å². The van der Waals surface area contributed by atoms with E-state index in [1.807, 2.05) is 24.3 Å². The largest absolute Gasteiger partial charge is 0.494 e. The highest BCUT2D eigenvalue weighted by Crippen LogP contribution is 2.31. The first-order valence-electron chi connectivity index (χ1n) is 8.80. The molecule has 138 valence electrons. The highest BCUT2D eigenvalue weighted by atomic mass is 32.1. The van der Waals surface area contributed by atoms with Crippen molar-refractivity contribution < 1.29 is 14.3 Å². The van der Waals surface area contributed by atoms with E-state index in [1.165, 1.54) is 23.2 Å². The van der Waals surface area contributed by atoms with Gasteiger partial charge in [-0.15, -0.1) is 0 Å². The molecular weight excluding hydrogens is 362 g/mol. The number of rotatable bonds is 5. The van der Waals surface area contributed by atoms with E-state index >= 15 is 0 Å². The molecule has 1 aromatic carbocycles.